The lowest BCUT2D eigenvalue weighted by Crippen LogP contribution is -2.54. The minimum absolute atomic E-state index is 0.0344. The van der Waals surface area contributed by atoms with E-state index in [1.165, 1.54) is 6.92 Å². The Morgan fingerprint density at radius 3 is 2.32 bits per heavy atom. The second kappa shape index (κ2) is 3.98. The first-order valence-electron chi connectivity index (χ1n) is 6.17. The zero-order chi connectivity index (χ0) is 14.6. The van der Waals surface area contributed by atoms with Crippen LogP contribution in [0, 0.1) is 11.8 Å². The SMILES string of the molecule is C=C(C)C(=O)OC1(C)CC2CC1CC2(O)C(F)(F)F. The van der Waals surface area contributed by atoms with Gasteiger partial charge in [0.05, 0.1) is 0 Å². The molecule has 2 rings (SSSR count). The summed E-state index contributed by atoms with van der Waals surface area (Å²) in [6.45, 7) is 6.58. The fourth-order valence-corrected chi connectivity index (χ4v) is 3.31. The van der Waals surface area contributed by atoms with E-state index in [4.69, 9.17) is 4.74 Å². The molecule has 6 heteroatoms. The van der Waals surface area contributed by atoms with Crippen LogP contribution in [0.5, 0.6) is 0 Å². The molecule has 0 aromatic heterocycles. The normalized spacial score (nSPS) is 41.4. The Labute approximate surface area is 109 Å². The smallest absolute Gasteiger partial charge is 0.417 e. The minimum atomic E-state index is -4.63. The van der Waals surface area contributed by atoms with E-state index in [1.54, 1.807) is 6.92 Å². The zero-order valence-corrected chi connectivity index (χ0v) is 10.9. The molecule has 3 nitrogen and oxygen atoms in total. The second-order valence-electron chi connectivity index (χ2n) is 5.94. The molecular formula is C13H17F3O3. The summed E-state index contributed by atoms with van der Waals surface area (Å²) in [5.41, 5.74) is -3.35. The molecule has 0 radical (unpaired) electrons. The Bertz CT molecular complexity index is 431. The van der Waals surface area contributed by atoms with Gasteiger partial charge in [-0.1, -0.05) is 6.58 Å². The highest BCUT2D eigenvalue weighted by molar-refractivity contribution is 5.87. The topological polar surface area (TPSA) is 46.5 Å². The molecule has 1 N–H and O–H groups in total. The van der Waals surface area contributed by atoms with Crippen molar-refractivity contribution in [1.29, 1.82) is 0 Å². The monoisotopic (exact) mass is 278 g/mol. The Morgan fingerprint density at radius 1 is 1.37 bits per heavy atom. The Hall–Kier alpha value is -1.04. The van der Waals surface area contributed by atoms with Crippen molar-refractivity contribution >= 4 is 5.97 Å². The summed E-state index contributed by atoms with van der Waals surface area (Å²) in [6, 6.07) is 0. The van der Waals surface area contributed by atoms with E-state index >= 15 is 0 Å². The van der Waals surface area contributed by atoms with Gasteiger partial charge in [-0.25, -0.2) is 4.79 Å². The lowest BCUT2D eigenvalue weighted by molar-refractivity contribution is -0.284. The number of fused-ring (bicyclic) bond motifs is 2. The molecular weight excluding hydrogens is 261 g/mol. The standard InChI is InChI=1S/C13H17F3O3/c1-7(2)10(17)19-11(3)5-9-4-8(11)6-12(9,18)13(14,15)16/h8-9,18H,1,4-6H2,2-3H3. The Kier molecular flexibility index (Phi) is 3.01. The molecule has 0 saturated heterocycles. The maximum Gasteiger partial charge on any atom is 0.417 e. The van der Waals surface area contributed by atoms with Gasteiger partial charge in [-0.2, -0.15) is 13.2 Å². The van der Waals surface area contributed by atoms with Crippen LogP contribution >= 0.6 is 0 Å². The van der Waals surface area contributed by atoms with Gasteiger partial charge < -0.3 is 9.84 Å². The largest absolute Gasteiger partial charge is 0.456 e. The van der Waals surface area contributed by atoms with Crippen molar-refractivity contribution in [2.24, 2.45) is 11.8 Å². The lowest BCUT2D eigenvalue weighted by atomic mass is 9.76. The van der Waals surface area contributed by atoms with Gasteiger partial charge >= 0.3 is 12.1 Å². The highest BCUT2D eigenvalue weighted by Crippen LogP contribution is 2.61. The molecule has 2 aliphatic rings. The molecule has 0 spiro atoms. The summed E-state index contributed by atoms with van der Waals surface area (Å²) in [7, 11) is 0. The van der Waals surface area contributed by atoms with Crippen molar-refractivity contribution in [2.45, 2.75) is 50.5 Å². The molecule has 2 fully saturated rings. The number of halogens is 3. The van der Waals surface area contributed by atoms with E-state index in [1.807, 2.05) is 0 Å². The fraction of sp³-hybridized carbons (Fsp3) is 0.769. The van der Waals surface area contributed by atoms with Crippen LogP contribution in [-0.2, 0) is 9.53 Å². The number of hydrogen-bond acceptors (Lipinski definition) is 3. The summed E-state index contributed by atoms with van der Waals surface area (Å²) >= 11 is 0. The number of carbonyl (C=O) groups is 1. The number of hydrogen-bond donors (Lipinski definition) is 1. The first kappa shape index (κ1) is 14.4. The summed E-state index contributed by atoms with van der Waals surface area (Å²) in [5, 5.41) is 9.81. The third-order valence-electron chi connectivity index (χ3n) is 4.48. The maximum absolute atomic E-state index is 12.9. The van der Waals surface area contributed by atoms with Crippen LogP contribution in [0.2, 0.25) is 0 Å². The molecule has 2 aliphatic carbocycles. The van der Waals surface area contributed by atoms with Crippen molar-refractivity contribution in [3.63, 3.8) is 0 Å². The van der Waals surface area contributed by atoms with Crippen molar-refractivity contribution in [1.82, 2.24) is 0 Å². The summed E-state index contributed by atoms with van der Waals surface area (Å²) in [5.74, 6) is -1.96. The predicted octanol–water partition coefficient (Wildman–Crippen LogP) is 2.59. The number of alkyl halides is 3. The maximum atomic E-state index is 12.9. The molecule has 2 saturated carbocycles. The van der Waals surface area contributed by atoms with Crippen molar-refractivity contribution in [3.8, 4) is 0 Å². The number of ether oxygens (including phenoxy) is 1. The van der Waals surface area contributed by atoms with Crippen LogP contribution in [0.3, 0.4) is 0 Å². The zero-order valence-electron chi connectivity index (χ0n) is 10.9. The molecule has 4 atom stereocenters. The van der Waals surface area contributed by atoms with Gasteiger partial charge in [0.2, 0.25) is 0 Å². The average Bonchev–Trinajstić information content (AvgIpc) is 2.70. The van der Waals surface area contributed by atoms with Gasteiger partial charge in [-0.05, 0) is 33.1 Å². The number of carbonyl (C=O) groups excluding carboxylic acids is 1. The summed E-state index contributed by atoms with van der Waals surface area (Å²) < 4.78 is 43.9. The van der Waals surface area contributed by atoms with Crippen molar-refractivity contribution in [3.05, 3.63) is 12.2 Å². The van der Waals surface area contributed by atoms with E-state index in [0.29, 0.717) is 0 Å². The van der Waals surface area contributed by atoms with E-state index < -0.39 is 41.6 Å². The average molecular weight is 278 g/mol. The van der Waals surface area contributed by atoms with Crippen LogP contribution in [0.15, 0.2) is 12.2 Å². The molecule has 4 unspecified atom stereocenters. The second-order valence-corrected chi connectivity index (χ2v) is 5.94. The molecule has 0 aliphatic heterocycles. The van der Waals surface area contributed by atoms with Gasteiger partial charge in [0.15, 0.2) is 5.60 Å². The van der Waals surface area contributed by atoms with Crippen molar-refractivity contribution < 1.29 is 27.8 Å². The highest BCUT2D eigenvalue weighted by atomic mass is 19.4. The fourth-order valence-electron chi connectivity index (χ4n) is 3.31. The first-order valence-corrected chi connectivity index (χ1v) is 6.17. The number of rotatable bonds is 2. The van der Waals surface area contributed by atoms with Crippen LogP contribution in [-0.4, -0.2) is 28.5 Å². The summed E-state index contributed by atoms with van der Waals surface area (Å²) in [4.78, 5) is 11.5. The molecule has 0 aromatic carbocycles. The van der Waals surface area contributed by atoms with Gasteiger partial charge in [0, 0.05) is 17.4 Å². The third kappa shape index (κ3) is 2.06. The van der Waals surface area contributed by atoms with Gasteiger partial charge in [-0.15, -0.1) is 0 Å². The van der Waals surface area contributed by atoms with E-state index in [9.17, 15) is 23.1 Å². The minimum Gasteiger partial charge on any atom is -0.456 e. The molecule has 19 heavy (non-hydrogen) atoms. The highest BCUT2D eigenvalue weighted by Gasteiger charge is 2.70. The molecule has 2 bridgehead atoms. The van der Waals surface area contributed by atoms with Crippen molar-refractivity contribution in [2.75, 3.05) is 0 Å². The molecule has 0 aromatic rings. The molecule has 0 amide bonds. The van der Waals surface area contributed by atoms with Crippen LogP contribution in [0.25, 0.3) is 0 Å². The first-order chi connectivity index (χ1) is 8.49. The molecule has 108 valence electrons. The predicted molar refractivity (Wildman–Crippen MR) is 61.1 cm³/mol. The van der Waals surface area contributed by atoms with Crippen LogP contribution in [0.4, 0.5) is 13.2 Å². The van der Waals surface area contributed by atoms with Gasteiger partial charge in [0.1, 0.15) is 5.60 Å². The Balaban J connectivity index is 2.15. The van der Waals surface area contributed by atoms with E-state index in [0.717, 1.165) is 0 Å². The Morgan fingerprint density at radius 2 is 1.95 bits per heavy atom. The van der Waals surface area contributed by atoms with Gasteiger partial charge in [-0.3, -0.25) is 0 Å². The van der Waals surface area contributed by atoms with Crippen LogP contribution < -0.4 is 0 Å². The third-order valence-corrected chi connectivity index (χ3v) is 4.48. The van der Waals surface area contributed by atoms with Crippen LogP contribution in [0.1, 0.15) is 33.1 Å². The van der Waals surface area contributed by atoms with Gasteiger partial charge in [0.25, 0.3) is 0 Å². The van der Waals surface area contributed by atoms with E-state index in [-0.39, 0.29) is 18.4 Å². The lowest BCUT2D eigenvalue weighted by Gasteiger charge is -2.41. The molecule has 0 heterocycles. The number of aliphatic hydroxyl groups is 1. The number of esters is 1. The quantitative estimate of drug-likeness (QED) is 0.624. The summed E-state index contributed by atoms with van der Waals surface area (Å²) in [6.07, 6.45) is -4.77. The van der Waals surface area contributed by atoms with E-state index in [2.05, 4.69) is 6.58 Å².